The number of ether oxygens (including phenoxy) is 1. The zero-order valence-corrected chi connectivity index (χ0v) is 14.7. The Morgan fingerprint density at radius 3 is 2.42 bits per heavy atom. The van der Waals surface area contributed by atoms with Crippen LogP contribution >= 0.6 is 0 Å². The molecule has 3 rings (SSSR count). The predicted octanol–water partition coefficient (Wildman–Crippen LogP) is 1.27. The van der Waals surface area contributed by atoms with Crippen molar-refractivity contribution in [1.29, 1.82) is 5.26 Å². The van der Waals surface area contributed by atoms with Gasteiger partial charge >= 0.3 is 0 Å². The average molecular weight is 372 g/mol. The fraction of sp³-hybridized carbons (Fsp3) is 0.294. The summed E-state index contributed by atoms with van der Waals surface area (Å²) in [5.41, 5.74) is -0.256. The molecule has 1 amide bonds. The first-order chi connectivity index (χ1) is 12.4. The number of carbonyl (C=O) groups is 1. The zero-order chi connectivity index (χ0) is 18.8. The lowest BCUT2D eigenvalue weighted by Crippen LogP contribution is -2.51. The van der Waals surface area contributed by atoms with Gasteiger partial charge in [-0.1, -0.05) is 30.3 Å². The highest BCUT2D eigenvalue weighted by Gasteiger charge is 2.49. The van der Waals surface area contributed by atoms with Crippen molar-refractivity contribution in [1.82, 2.24) is 14.7 Å². The lowest BCUT2D eigenvalue weighted by molar-refractivity contribution is -0.136. The maximum absolute atomic E-state index is 12.3. The molecule has 0 spiro atoms. The van der Waals surface area contributed by atoms with E-state index in [1.807, 2.05) is 29.0 Å². The minimum Gasteiger partial charge on any atom is -0.363 e. The molecular formula is C17H16N4O4S. The average Bonchev–Trinajstić information content (AvgIpc) is 2.62. The summed E-state index contributed by atoms with van der Waals surface area (Å²) in [5.74, 6) is -0.872. The monoisotopic (exact) mass is 372 g/mol. The van der Waals surface area contributed by atoms with E-state index in [4.69, 9.17) is 10.00 Å². The van der Waals surface area contributed by atoms with Crippen molar-refractivity contribution in [3.63, 3.8) is 0 Å². The van der Waals surface area contributed by atoms with Gasteiger partial charge < -0.3 is 4.74 Å². The number of methoxy groups -OCH3 is 1. The standard InChI is InChI=1S/C17H16N4O4S/c1-25-17(11-18)7-13(8-17)16(22)21-26(23,24)14-9-19-15(20-10-14)12-5-3-2-4-6-12/h2-6,9-10,13H,7-8H2,1H3,(H,21,22). The number of nitrogens with one attached hydrogen (secondary N) is 1. The number of sulfonamides is 1. The van der Waals surface area contributed by atoms with Crippen LogP contribution in [-0.4, -0.2) is 37.0 Å². The van der Waals surface area contributed by atoms with Gasteiger partial charge in [-0.2, -0.15) is 5.26 Å². The van der Waals surface area contributed by atoms with Crippen LogP contribution in [0.3, 0.4) is 0 Å². The van der Waals surface area contributed by atoms with Crippen LogP contribution in [0, 0.1) is 17.2 Å². The molecule has 0 bridgehead atoms. The highest BCUT2D eigenvalue weighted by Crippen LogP contribution is 2.40. The van der Waals surface area contributed by atoms with Gasteiger partial charge in [0.1, 0.15) is 4.90 Å². The van der Waals surface area contributed by atoms with Crippen LogP contribution in [0.4, 0.5) is 0 Å². The SMILES string of the molecule is COC1(C#N)CC(C(=O)NS(=O)(=O)c2cnc(-c3ccccc3)nc2)C1. The molecule has 0 atom stereocenters. The van der Waals surface area contributed by atoms with Crippen LogP contribution < -0.4 is 4.72 Å². The van der Waals surface area contributed by atoms with E-state index in [9.17, 15) is 13.2 Å². The third kappa shape index (κ3) is 3.42. The minimum absolute atomic E-state index is 0.158. The lowest BCUT2D eigenvalue weighted by atomic mass is 9.71. The number of hydrogen-bond acceptors (Lipinski definition) is 7. The smallest absolute Gasteiger partial charge is 0.267 e. The van der Waals surface area contributed by atoms with Crippen molar-refractivity contribution in [2.24, 2.45) is 5.92 Å². The first-order valence-corrected chi connectivity index (χ1v) is 9.28. The molecule has 26 heavy (non-hydrogen) atoms. The van der Waals surface area contributed by atoms with Crippen LogP contribution in [0.1, 0.15) is 12.8 Å². The number of nitrogens with zero attached hydrogens (tertiary/aromatic N) is 3. The quantitative estimate of drug-likeness (QED) is 0.838. The third-order valence-corrected chi connectivity index (χ3v) is 5.62. The van der Waals surface area contributed by atoms with E-state index in [1.165, 1.54) is 7.11 Å². The molecule has 1 aromatic heterocycles. The van der Waals surface area contributed by atoms with Crippen LogP contribution in [0.15, 0.2) is 47.6 Å². The third-order valence-electron chi connectivity index (χ3n) is 4.32. The summed E-state index contributed by atoms with van der Waals surface area (Å²) in [6.07, 6.45) is 2.62. The molecule has 1 N–H and O–H groups in total. The molecule has 0 unspecified atom stereocenters. The molecule has 0 radical (unpaired) electrons. The summed E-state index contributed by atoms with van der Waals surface area (Å²) in [7, 11) is -2.69. The van der Waals surface area contributed by atoms with Crippen molar-refractivity contribution >= 4 is 15.9 Å². The van der Waals surface area contributed by atoms with Crippen molar-refractivity contribution in [3.05, 3.63) is 42.7 Å². The van der Waals surface area contributed by atoms with E-state index >= 15 is 0 Å². The molecule has 0 saturated heterocycles. The Morgan fingerprint density at radius 2 is 1.88 bits per heavy atom. The second kappa shape index (κ2) is 6.82. The Hall–Kier alpha value is -2.83. The van der Waals surface area contributed by atoms with Crippen molar-refractivity contribution in [3.8, 4) is 17.5 Å². The van der Waals surface area contributed by atoms with Gasteiger partial charge in [-0.05, 0) is 0 Å². The number of amides is 1. The zero-order valence-electron chi connectivity index (χ0n) is 13.9. The maximum atomic E-state index is 12.3. The van der Waals surface area contributed by atoms with Crippen molar-refractivity contribution in [2.75, 3.05) is 7.11 Å². The fourth-order valence-corrected chi connectivity index (χ4v) is 3.62. The van der Waals surface area contributed by atoms with Gasteiger partial charge in [0.15, 0.2) is 11.4 Å². The van der Waals surface area contributed by atoms with Gasteiger partial charge in [-0.15, -0.1) is 0 Å². The largest absolute Gasteiger partial charge is 0.363 e. The van der Waals surface area contributed by atoms with Crippen LogP contribution in [-0.2, 0) is 19.6 Å². The minimum atomic E-state index is -4.08. The molecule has 1 saturated carbocycles. The molecule has 2 aromatic rings. The second-order valence-electron chi connectivity index (χ2n) is 5.99. The van der Waals surface area contributed by atoms with Gasteiger partial charge in [0.05, 0.1) is 18.5 Å². The van der Waals surface area contributed by atoms with Gasteiger partial charge in [0.2, 0.25) is 5.91 Å². The van der Waals surface area contributed by atoms with E-state index < -0.39 is 27.4 Å². The van der Waals surface area contributed by atoms with Gasteiger partial charge in [-0.25, -0.2) is 23.1 Å². The Labute approximate surface area is 150 Å². The van der Waals surface area contributed by atoms with Gasteiger partial charge in [0.25, 0.3) is 10.0 Å². The highest BCUT2D eigenvalue weighted by molar-refractivity contribution is 7.90. The molecule has 1 aliphatic rings. The fourth-order valence-electron chi connectivity index (χ4n) is 2.69. The van der Waals surface area contributed by atoms with E-state index in [1.54, 1.807) is 12.1 Å². The van der Waals surface area contributed by atoms with E-state index in [0.29, 0.717) is 5.82 Å². The molecule has 1 fully saturated rings. The molecule has 134 valence electrons. The Balaban J connectivity index is 1.69. The summed E-state index contributed by atoms with van der Waals surface area (Å²) in [6.45, 7) is 0. The normalized spacial score (nSPS) is 22.1. The summed E-state index contributed by atoms with van der Waals surface area (Å²) < 4.78 is 31.7. The molecule has 9 heteroatoms. The Morgan fingerprint density at radius 1 is 1.27 bits per heavy atom. The Kier molecular flexibility index (Phi) is 4.71. The first kappa shape index (κ1) is 18.0. The van der Waals surface area contributed by atoms with Gasteiger partial charge in [-0.3, -0.25) is 4.79 Å². The van der Waals surface area contributed by atoms with Crippen LogP contribution in [0.5, 0.6) is 0 Å². The molecule has 1 aliphatic carbocycles. The van der Waals surface area contributed by atoms with E-state index in [0.717, 1.165) is 18.0 Å². The molecule has 1 aromatic carbocycles. The predicted molar refractivity (Wildman–Crippen MR) is 90.9 cm³/mol. The summed E-state index contributed by atoms with van der Waals surface area (Å²) >= 11 is 0. The number of benzene rings is 1. The van der Waals surface area contributed by atoms with Crippen molar-refractivity contribution < 1.29 is 17.9 Å². The second-order valence-corrected chi connectivity index (χ2v) is 7.68. The number of hydrogen-bond donors (Lipinski definition) is 1. The van der Waals surface area contributed by atoms with E-state index in [-0.39, 0.29) is 17.7 Å². The van der Waals surface area contributed by atoms with E-state index in [2.05, 4.69) is 9.97 Å². The number of carbonyl (C=O) groups excluding carboxylic acids is 1. The lowest BCUT2D eigenvalue weighted by Gasteiger charge is -2.39. The van der Waals surface area contributed by atoms with Crippen molar-refractivity contribution in [2.45, 2.75) is 23.3 Å². The number of aromatic nitrogens is 2. The molecule has 1 heterocycles. The topological polar surface area (TPSA) is 122 Å². The summed E-state index contributed by atoms with van der Waals surface area (Å²) in [6, 6.07) is 11.1. The van der Waals surface area contributed by atoms with Gasteiger partial charge in [0, 0.05) is 31.4 Å². The Bertz CT molecular complexity index is 947. The number of nitriles is 1. The van der Waals surface area contributed by atoms with Crippen LogP contribution in [0.2, 0.25) is 0 Å². The van der Waals surface area contributed by atoms with Crippen LogP contribution in [0.25, 0.3) is 11.4 Å². The first-order valence-electron chi connectivity index (χ1n) is 7.80. The molecule has 0 aliphatic heterocycles. The molecular weight excluding hydrogens is 356 g/mol. The summed E-state index contributed by atoms with van der Waals surface area (Å²) in [5, 5.41) is 9.03. The summed E-state index contributed by atoms with van der Waals surface area (Å²) in [4.78, 5) is 20.0. The number of rotatable bonds is 5. The maximum Gasteiger partial charge on any atom is 0.267 e. The molecule has 8 nitrogen and oxygen atoms in total. The highest BCUT2D eigenvalue weighted by atomic mass is 32.2.